The molecule has 2 N–H and O–H groups in total. The lowest BCUT2D eigenvalue weighted by Crippen LogP contribution is -2.26. The number of aromatic nitrogens is 1. The van der Waals surface area contributed by atoms with Crippen molar-refractivity contribution in [3.63, 3.8) is 0 Å². The van der Waals surface area contributed by atoms with Crippen LogP contribution in [0.5, 0.6) is 0 Å². The number of carbonyl (C=O) groups excluding carboxylic acids is 1. The van der Waals surface area contributed by atoms with E-state index in [4.69, 9.17) is 17.3 Å². The van der Waals surface area contributed by atoms with Crippen molar-refractivity contribution in [2.24, 2.45) is 11.7 Å². The van der Waals surface area contributed by atoms with Gasteiger partial charge in [0.15, 0.2) is 0 Å². The van der Waals surface area contributed by atoms with Crippen molar-refractivity contribution in [3.05, 3.63) is 22.3 Å². The van der Waals surface area contributed by atoms with Gasteiger partial charge in [-0.3, -0.25) is 4.79 Å². The topological polar surface area (TPSA) is 83.0 Å². The van der Waals surface area contributed by atoms with E-state index in [0.717, 1.165) is 37.9 Å². The van der Waals surface area contributed by atoms with Crippen molar-refractivity contribution in [1.82, 2.24) is 4.98 Å². The van der Waals surface area contributed by atoms with Crippen LogP contribution in [0.2, 0.25) is 5.02 Å². The van der Waals surface area contributed by atoms with Gasteiger partial charge < -0.3 is 10.6 Å². The van der Waals surface area contributed by atoms with E-state index in [1.54, 1.807) is 6.20 Å². The maximum atomic E-state index is 11.1. The van der Waals surface area contributed by atoms with Gasteiger partial charge in [0.1, 0.15) is 11.9 Å². The van der Waals surface area contributed by atoms with E-state index in [9.17, 15) is 10.1 Å². The Morgan fingerprint density at radius 2 is 2.33 bits per heavy atom. The first-order chi connectivity index (χ1) is 10.0. The van der Waals surface area contributed by atoms with Crippen LogP contribution in [-0.4, -0.2) is 24.0 Å². The SMILES string of the molecule is Cc1c(Cl)cnc(N2CCCC(CC(N)=O)CC2)c1C#N. The van der Waals surface area contributed by atoms with Crippen LogP contribution in [0.3, 0.4) is 0 Å². The molecule has 0 spiro atoms. The second kappa shape index (κ2) is 6.77. The largest absolute Gasteiger partial charge is 0.370 e. The average molecular weight is 307 g/mol. The lowest BCUT2D eigenvalue weighted by molar-refractivity contribution is -0.118. The minimum absolute atomic E-state index is 0.244. The molecule has 0 aliphatic carbocycles. The van der Waals surface area contributed by atoms with E-state index in [-0.39, 0.29) is 5.91 Å². The van der Waals surface area contributed by atoms with Gasteiger partial charge >= 0.3 is 0 Å². The van der Waals surface area contributed by atoms with Crippen molar-refractivity contribution in [2.45, 2.75) is 32.6 Å². The highest BCUT2D eigenvalue weighted by molar-refractivity contribution is 6.31. The van der Waals surface area contributed by atoms with Gasteiger partial charge in [-0.1, -0.05) is 11.6 Å². The maximum Gasteiger partial charge on any atom is 0.217 e. The van der Waals surface area contributed by atoms with Crippen molar-refractivity contribution in [2.75, 3.05) is 18.0 Å². The third-order valence-corrected chi connectivity index (χ3v) is 4.39. The van der Waals surface area contributed by atoms with Gasteiger partial charge in [-0.15, -0.1) is 0 Å². The van der Waals surface area contributed by atoms with Gasteiger partial charge in [0.2, 0.25) is 5.91 Å². The number of halogens is 1. The summed E-state index contributed by atoms with van der Waals surface area (Å²) in [6.07, 6.45) is 4.86. The molecule has 2 rings (SSSR count). The molecular weight excluding hydrogens is 288 g/mol. The Morgan fingerprint density at radius 1 is 1.57 bits per heavy atom. The number of primary amides is 1. The molecule has 1 aliphatic rings. The first-order valence-electron chi connectivity index (χ1n) is 7.11. The number of anilines is 1. The number of pyridine rings is 1. The Bertz CT molecular complexity index is 582. The minimum atomic E-state index is -0.244. The summed E-state index contributed by atoms with van der Waals surface area (Å²) in [5.74, 6) is 0.775. The van der Waals surface area contributed by atoms with Gasteiger partial charge in [-0.05, 0) is 37.7 Å². The zero-order valence-corrected chi connectivity index (χ0v) is 12.9. The fourth-order valence-corrected chi connectivity index (χ4v) is 2.95. The molecule has 2 heterocycles. The second-order valence-electron chi connectivity index (χ2n) is 5.50. The molecule has 1 aromatic rings. The molecule has 0 saturated carbocycles. The number of rotatable bonds is 3. The van der Waals surface area contributed by atoms with Crippen molar-refractivity contribution >= 4 is 23.3 Å². The number of hydrogen-bond donors (Lipinski definition) is 1. The number of amides is 1. The fourth-order valence-electron chi connectivity index (χ4n) is 2.81. The highest BCUT2D eigenvalue weighted by Crippen LogP contribution is 2.29. The summed E-state index contributed by atoms with van der Waals surface area (Å²) in [5.41, 5.74) is 6.58. The summed E-state index contributed by atoms with van der Waals surface area (Å²) >= 11 is 6.03. The van der Waals surface area contributed by atoms with Crippen molar-refractivity contribution in [3.8, 4) is 6.07 Å². The van der Waals surface area contributed by atoms with Crippen LogP contribution < -0.4 is 10.6 Å². The normalized spacial score (nSPS) is 18.9. The second-order valence-corrected chi connectivity index (χ2v) is 5.90. The van der Waals surface area contributed by atoms with Crippen molar-refractivity contribution in [1.29, 1.82) is 5.26 Å². The molecule has 112 valence electrons. The Kier molecular flexibility index (Phi) is 5.03. The predicted molar refractivity (Wildman–Crippen MR) is 82.1 cm³/mol. The summed E-state index contributed by atoms with van der Waals surface area (Å²) in [6.45, 7) is 3.44. The Labute approximate surface area is 129 Å². The van der Waals surface area contributed by atoms with Crippen LogP contribution in [0, 0.1) is 24.2 Å². The molecule has 21 heavy (non-hydrogen) atoms. The number of nitrogens with two attached hydrogens (primary N) is 1. The number of nitrogens with zero attached hydrogens (tertiary/aromatic N) is 3. The molecule has 1 aromatic heterocycles. The molecule has 1 unspecified atom stereocenters. The molecule has 1 atom stereocenters. The van der Waals surface area contributed by atoms with Gasteiger partial charge in [-0.2, -0.15) is 5.26 Å². The van der Waals surface area contributed by atoms with Gasteiger partial charge in [0.25, 0.3) is 0 Å². The van der Waals surface area contributed by atoms with Gasteiger partial charge in [0, 0.05) is 25.7 Å². The van der Waals surface area contributed by atoms with E-state index in [2.05, 4.69) is 16.0 Å². The highest BCUT2D eigenvalue weighted by Gasteiger charge is 2.22. The van der Waals surface area contributed by atoms with Crippen LogP contribution >= 0.6 is 11.6 Å². The van der Waals surface area contributed by atoms with Gasteiger partial charge in [0.05, 0.1) is 10.6 Å². The summed E-state index contributed by atoms with van der Waals surface area (Å²) in [7, 11) is 0. The number of carbonyl (C=O) groups is 1. The molecule has 0 bridgehead atoms. The Hall–Kier alpha value is -1.80. The maximum absolute atomic E-state index is 11.1. The number of nitriles is 1. The fraction of sp³-hybridized carbons (Fsp3) is 0.533. The van der Waals surface area contributed by atoms with Crippen molar-refractivity contribution < 1.29 is 4.79 Å². The predicted octanol–water partition coefficient (Wildman–Crippen LogP) is 2.40. The third-order valence-electron chi connectivity index (χ3n) is 4.01. The smallest absolute Gasteiger partial charge is 0.217 e. The van der Waals surface area contributed by atoms with Crippen LogP contribution in [0.4, 0.5) is 5.82 Å². The molecule has 0 radical (unpaired) electrons. The quantitative estimate of drug-likeness (QED) is 0.929. The zero-order valence-electron chi connectivity index (χ0n) is 12.1. The molecule has 1 aliphatic heterocycles. The highest BCUT2D eigenvalue weighted by atomic mass is 35.5. The average Bonchev–Trinajstić information content (AvgIpc) is 2.66. The number of hydrogen-bond acceptors (Lipinski definition) is 4. The first kappa shape index (κ1) is 15.6. The third kappa shape index (κ3) is 3.64. The lowest BCUT2D eigenvalue weighted by atomic mass is 9.97. The molecule has 1 amide bonds. The van der Waals surface area contributed by atoms with E-state index in [1.165, 1.54) is 0 Å². The zero-order chi connectivity index (χ0) is 15.4. The minimum Gasteiger partial charge on any atom is -0.370 e. The van der Waals surface area contributed by atoms with Crippen LogP contribution in [0.15, 0.2) is 6.20 Å². The standard InChI is InChI=1S/C15H19ClN4O/c1-10-12(8-17)15(19-9-13(10)16)20-5-2-3-11(4-6-20)7-14(18)21/h9,11H,2-7H2,1H3,(H2,18,21). The molecule has 0 aromatic carbocycles. The van der Waals surface area contributed by atoms with Crippen LogP contribution in [-0.2, 0) is 4.79 Å². The summed E-state index contributed by atoms with van der Waals surface area (Å²) in [4.78, 5) is 17.5. The van der Waals surface area contributed by atoms with Crippen LogP contribution in [0.25, 0.3) is 0 Å². The molecule has 1 fully saturated rings. The Morgan fingerprint density at radius 3 is 3.00 bits per heavy atom. The first-order valence-corrected chi connectivity index (χ1v) is 7.49. The van der Waals surface area contributed by atoms with E-state index >= 15 is 0 Å². The van der Waals surface area contributed by atoms with E-state index < -0.39 is 0 Å². The molecular formula is C15H19ClN4O. The van der Waals surface area contributed by atoms with Gasteiger partial charge in [-0.25, -0.2) is 4.98 Å². The van der Waals surface area contributed by atoms with Crippen LogP contribution in [0.1, 0.15) is 36.8 Å². The molecule has 1 saturated heterocycles. The summed E-state index contributed by atoms with van der Waals surface area (Å²) in [6, 6.07) is 2.20. The summed E-state index contributed by atoms with van der Waals surface area (Å²) < 4.78 is 0. The summed E-state index contributed by atoms with van der Waals surface area (Å²) in [5, 5.41) is 9.87. The lowest BCUT2D eigenvalue weighted by Gasteiger charge is -2.23. The Balaban J connectivity index is 2.18. The molecule has 5 nitrogen and oxygen atoms in total. The molecule has 6 heteroatoms. The van der Waals surface area contributed by atoms with E-state index in [1.807, 2.05) is 6.92 Å². The van der Waals surface area contributed by atoms with E-state index in [0.29, 0.717) is 28.7 Å². The monoisotopic (exact) mass is 306 g/mol.